The Labute approximate surface area is 177 Å². The Bertz CT molecular complexity index is 685. The average molecular weight is 430 g/mol. The number of carbonyl (C=O) groups excluding carboxylic acids is 2. The first-order valence-corrected chi connectivity index (χ1v) is 10.1. The number of nitrogens with two attached hydrogens (primary N) is 1. The third-order valence-corrected chi connectivity index (χ3v) is 5.62. The molecule has 2 aliphatic rings. The lowest BCUT2D eigenvalue weighted by Gasteiger charge is -2.33. The molecule has 1 aromatic carbocycles. The number of ether oxygens (including phenoxy) is 1. The number of nitrogens with one attached hydrogen (secondary N) is 1. The Morgan fingerprint density at radius 3 is 2.43 bits per heavy atom. The number of piperidine rings is 1. The Balaban J connectivity index is 0.00000280. The quantitative estimate of drug-likeness (QED) is 0.752. The summed E-state index contributed by atoms with van der Waals surface area (Å²) in [6.07, 6.45) is 5.91. The van der Waals surface area contributed by atoms with Crippen molar-refractivity contribution in [2.75, 3.05) is 13.1 Å². The van der Waals surface area contributed by atoms with E-state index in [0.29, 0.717) is 29.4 Å². The lowest BCUT2D eigenvalue weighted by atomic mass is 10.1. The summed E-state index contributed by atoms with van der Waals surface area (Å²) in [5.41, 5.74) is 6.21. The van der Waals surface area contributed by atoms with E-state index in [1.807, 2.05) is 0 Å². The Morgan fingerprint density at radius 1 is 1.21 bits per heavy atom. The second-order valence-electron chi connectivity index (χ2n) is 7.53. The Hall–Kier alpha value is -1.50. The van der Waals surface area contributed by atoms with Crippen LogP contribution in [0.2, 0.25) is 5.02 Å². The molecule has 1 aromatic rings. The number of hydrogen-bond donors (Lipinski definition) is 2. The summed E-state index contributed by atoms with van der Waals surface area (Å²) in [6.45, 7) is 2.96. The van der Waals surface area contributed by atoms with Gasteiger partial charge in [-0.2, -0.15) is 0 Å². The highest BCUT2D eigenvalue weighted by molar-refractivity contribution is 6.32. The number of likely N-dealkylation sites (tertiary alicyclic amines) is 1. The molecule has 1 saturated carbocycles. The van der Waals surface area contributed by atoms with Gasteiger partial charge in [-0.3, -0.25) is 9.59 Å². The van der Waals surface area contributed by atoms with Gasteiger partial charge >= 0.3 is 0 Å². The van der Waals surface area contributed by atoms with Crippen molar-refractivity contribution in [3.05, 3.63) is 28.8 Å². The molecule has 0 aromatic heterocycles. The van der Waals surface area contributed by atoms with Crippen LogP contribution in [0.25, 0.3) is 0 Å². The maximum Gasteiger partial charge on any atom is 0.251 e. The minimum absolute atomic E-state index is 0. The first-order valence-electron chi connectivity index (χ1n) is 9.75. The summed E-state index contributed by atoms with van der Waals surface area (Å²) in [5.74, 6) is 0.466. The Kier molecular flexibility index (Phi) is 8.40. The van der Waals surface area contributed by atoms with E-state index < -0.39 is 6.04 Å². The molecule has 28 heavy (non-hydrogen) atoms. The average Bonchev–Trinajstić information content (AvgIpc) is 3.16. The molecule has 2 amide bonds. The molecule has 0 unspecified atom stereocenters. The van der Waals surface area contributed by atoms with Crippen LogP contribution in [0.1, 0.15) is 55.8 Å². The highest BCUT2D eigenvalue weighted by atomic mass is 35.5. The Morgan fingerprint density at radius 2 is 1.86 bits per heavy atom. The van der Waals surface area contributed by atoms with Crippen molar-refractivity contribution in [2.45, 2.75) is 63.6 Å². The van der Waals surface area contributed by atoms with Gasteiger partial charge in [0.1, 0.15) is 11.9 Å². The molecule has 2 fully saturated rings. The molecule has 1 atom stereocenters. The van der Waals surface area contributed by atoms with Gasteiger partial charge < -0.3 is 20.7 Å². The third kappa shape index (κ3) is 5.75. The number of amides is 2. The second kappa shape index (κ2) is 10.3. The first kappa shape index (κ1) is 22.8. The smallest absolute Gasteiger partial charge is 0.251 e. The molecular weight excluding hydrogens is 401 g/mol. The van der Waals surface area contributed by atoms with Crippen LogP contribution < -0.4 is 15.8 Å². The standard InChI is InChI=1S/C20H28ClN3O3.ClH/c1-13(22)20(26)24-10-8-16(9-11-24)27-18-7-6-14(12-17(18)21)19(25)23-15-4-2-3-5-15;/h6-7,12-13,15-16H,2-5,8-11,22H2,1H3,(H,23,25);1H/t13-;/m0./s1. The number of rotatable bonds is 5. The maximum absolute atomic E-state index is 12.4. The number of halogens is 2. The molecule has 1 aliphatic heterocycles. The molecule has 1 heterocycles. The van der Waals surface area contributed by atoms with Gasteiger partial charge in [0.25, 0.3) is 5.91 Å². The van der Waals surface area contributed by atoms with Crippen molar-refractivity contribution in [3.63, 3.8) is 0 Å². The van der Waals surface area contributed by atoms with Crippen LogP contribution in [-0.4, -0.2) is 48.0 Å². The number of benzene rings is 1. The summed E-state index contributed by atoms with van der Waals surface area (Å²) >= 11 is 6.34. The van der Waals surface area contributed by atoms with Crippen LogP contribution in [0.4, 0.5) is 0 Å². The number of hydrogen-bond acceptors (Lipinski definition) is 4. The van der Waals surface area contributed by atoms with Gasteiger partial charge in [0.05, 0.1) is 11.1 Å². The molecular formula is C20H29Cl2N3O3. The highest BCUT2D eigenvalue weighted by Gasteiger charge is 2.26. The molecule has 3 N–H and O–H groups in total. The first-order chi connectivity index (χ1) is 12.9. The molecule has 0 spiro atoms. The van der Waals surface area contributed by atoms with E-state index in [4.69, 9.17) is 22.1 Å². The predicted molar refractivity (Wildman–Crippen MR) is 112 cm³/mol. The van der Waals surface area contributed by atoms with Crippen LogP contribution in [0.3, 0.4) is 0 Å². The van der Waals surface area contributed by atoms with E-state index in [-0.39, 0.29) is 36.4 Å². The normalized spacial score (nSPS) is 19.0. The highest BCUT2D eigenvalue weighted by Crippen LogP contribution is 2.29. The van der Waals surface area contributed by atoms with Gasteiger partial charge in [-0.25, -0.2) is 0 Å². The second-order valence-corrected chi connectivity index (χ2v) is 7.94. The van der Waals surface area contributed by atoms with Crippen molar-refractivity contribution < 1.29 is 14.3 Å². The van der Waals surface area contributed by atoms with Crippen LogP contribution in [0.5, 0.6) is 5.75 Å². The van der Waals surface area contributed by atoms with Crippen molar-refractivity contribution >= 4 is 35.8 Å². The monoisotopic (exact) mass is 429 g/mol. The fourth-order valence-electron chi connectivity index (χ4n) is 3.74. The minimum atomic E-state index is -0.472. The fourth-order valence-corrected chi connectivity index (χ4v) is 3.96. The predicted octanol–water partition coefficient (Wildman–Crippen LogP) is 3.15. The zero-order valence-corrected chi connectivity index (χ0v) is 17.7. The fraction of sp³-hybridized carbons (Fsp3) is 0.600. The number of nitrogens with zero attached hydrogens (tertiary/aromatic N) is 1. The van der Waals surface area contributed by atoms with Crippen LogP contribution in [0.15, 0.2) is 18.2 Å². The summed E-state index contributed by atoms with van der Waals surface area (Å²) < 4.78 is 6.01. The SMILES string of the molecule is C[C@H](N)C(=O)N1CCC(Oc2ccc(C(=O)NC3CCCC3)cc2Cl)CC1.Cl. The van der Waals surface area contributed by atoms with Gasteiger partial charge in [0.15, 0.2) is 0 Å². The van der Waals surface area contributed by atoms with E-state index in [1.54, 1.807) is 30.0 Å². The van der Waals surface area contributed by atoms with Crippen LogP contribution in [-0.2, 0) is 4.79 Å². The van der Waals surface area contributed by atoms with Crippen LogP contribution in [0, 0.1) is 0 Å². The van der Waals surface area contributed by atoms with E-state index in [0.717, 1.165) is 25.7 Å². The van der Waals surface area contributed by atoms with Gasteiger partial charge in [0, 0.05) is 37.5 Å². The number of carbonyl (C=O) groups is 2. The van der Waals surface area contributed by atoms with Crippen LogP contribution >= 0.6 is 24.0 Å². The van der Waals surface area contributed by atoms with E-state index in [1.165, 1.54) is 12.8 Å². The topological polar surface area (TPSA) is 84.7 Å². The minimum Gasteiger partial charge on any atom is -0.489 e. The molecule has 3 rings (SSSR count). The van der Waals surface area contributed by atoms with Gasteiger partial charge in [-0.05, 0) is 38.0 Å². The largest absolute Gasteiger partial charge is 0.489 e. The van der Waals surface area contributed by atoms with Crippen molar-refractivity contribution in [1.82, 2.24) is 10.2 Å². The molecule has 6 nitrogen and oxygen atoms in total. The maximum atomic E-state index is 12.4. The van der Waals surface area contributed by atoms with E-state index >= 15 is 0 Å². The summed E-state index contributed by atoms with van der Waals surface area (Å²) in [6, 6.07) is 4.97. The summed E-state index contributed by atoms with van der Waals surface area (Å²) in [5, 5.41) is 3.50. The van der Waals surface area contributed by atoms with Gasteiger partial charge in [-0.1, -0.05) is 24.4 Å². The third-order valence-electron chi connectivity index (χ3n) is 5.32. The summed E-state index contributed by atoms with van der Waals surface area (Å²) in [4.78, 5) is 26.1. The van der Waals surface area contributed by atoms with Crippen molar-refractivity contribution in [2.24, 2.45) is 5.73 Å². The molecule has 156 valence electrons. The van der Waals surface area contributed by atoms with Crippen molar-refractivity contribution in [1.29, 1.82) is 0 Å². The zero-order valence-electron chi connectivity index (χ0n) is 16.2. The lowest BCUT2D eigenvalue weighted by Crippen LogP contribution is -2.47. The molecule has 1 saturated heterocycles. The molecule has 0 bridgehead atoms. The van der Waals surface area contributed by atoms with Gasteiger partial charge in [0.2, 0.25) is 5.91 Å². The lowest BCUT2D eigenvalue weighted by molar-refractivity contribution is -0.133. The summed E-state index contributed by atoms with van der Waals surface area (Å²) in [7, 11) is 0. The molecule has 8 heteroatoms. The molecule has 0 radical (unpaired) electrons. The van der Waals surface area contributed by atoms with Crippen molar-refractivity contribution in [3.8, 4) is 5.75 Å². The zero-order chi connectivity index (χ0) is 19.4. The molecule has 1 aliphatic carbocycles. The van der Waals surface area contributed by atoms with Gasteiger partial charge in [-0.15, -0.1) is 12.4 Å². The van der Waals surface area contributed by atoms with E-state index in [9.17, 15) is 9.59 Å². The van der Waals surface area contributed by atoms with E-state index in [2.05, 4.69) is 5.32 Å².